The molecule has 0 bridgehead atoms. The Bertz CT molecular complexity index is 1100. The van der Waals surface area contributed by atoms with Gasteiger partial charge in [-0.15, -0.1) is 0 Å². The molecule has 0 saturated heterocycles. The number of aromatic carboxylic acids is 1. The van der Waals surface area contributed by atoms with Crippen molar-refractivity contribution in [3.63, 3.8) is 0 Å². The number of carboxylic acid groups (broad SMARTS) is 1. The summed E-state index contributed by atoms with van der Waals surface area (Å²) in [5, 5.41) is 14.0. The lowest BCUT2D eigenvalue weighted by Crippen LogP contribution is -2.00. The molecule has 0 radical (unpaired) electrons. The Morgan fingerprint density at radius 3 is 2.68 bits per heavy atom. The summed E-state index contributed by atoms with van der Waals surface area (Å²) in [5.74, 6) is -1.36. The SMILES string of the molecule is Cc1oc2cc(F)c(-c3ccnn3-c3ccccc3)cc2c1C(=O)O. The van der Waals surface area contributed by atoms with Crippen LogP contribution >= 0.6 is 0 Å². The van der Waals surface area contributed by atoms with Gasteiger partial charge >= 0.3 is 5.97 Å². The van der Waals surface area contributed by atoms with E-state index in [4.69, 9.17) is 4.42 Å². The molecule has 1 N–H and O–H groups in total. The number of benzene rings is 2. The van der Waals surface area contributed by atoms with E-state index >= 15 is 0 Å². The maximum atomic E-state index is 14.7. The fourth-order valence-corrected chi connectivity index (χ4v) is 2.98. The van der Waals surface area contributed by atoms with E-state index in [2.05, 4.69) is 5.10 Å². The van der Waals surface area contributed by atoms with Crippen molar-refractivity contribution in [2.24, 2.45) is 0 Å². The van der Waals surface area contributed by atoms with Crippen molar-refractivity contribution in [3.05, 3.63) is 71.9 Å². The minimum Gasteiger partial charge on any atom is -0.478 e. The van der Waals surface area contributed by atoms with E-state index in [1.54, 1.807) is 23.9 Å². The zero-order valence-corrected chi connectivity index (χ0v) is 13.2. The van der Waals surface area contributed by atoms with E-state index in [1.807, 2.05) is 30.3 Å². The topological polar surface area (TPSA) is 68.3 Å². The molecular formula is C19H13FN2O3. The zero-order chi connectivity index (χ0) is 17.6. The second-order valence-electron chi connectivity index (χ2n) is 5.63. The van der Waals surface area contributed by atoms with Crippen LogP contribution in [0.4, 0.5) is 4.39 Å². The summed E-state index contributed by atoms with van der Waals surface area (Å²) in [6.07, 6.45) is 1.57. The van der Waals surface area contributed by atoms with Crippen molar-refractivity contribution < 1.29 is 18.7 Å². The maximum Gasteiger partial charge on any atom is 0.339 e. The van der Waals surface area contributed by atoms with Crippen LogP contribution in [-0.4, -0.2) is 20.9 Å². The van der Waals surface area contributed by atoms with E-state index in [1.165, 1.54) is 12.1 Å². The lowest BCUT2D eigenvalue weighted by Gasteiger charge is -2.08. The molecule has 2 aromatic heterocycles. The van der Waals surface area contributed by atoms with Gasteiger partial charge in [-0.05, 0) is 31.2 Å². The summed E-state index contributed by atoms with van der Waals surface area (Å²) in [6.45, 7) is 1.55. The van der Waals surface area contributed by atoms with Gasteiger partial charge in [0.2, 0.25) is 0 Å². The molecule has 5 nitrogen and oxygen atoms in total. The molecule has 0 spiro atoms. The second kappa shape index (κ2) is 5.59. The van der Waals surface area contributed by atoms with Crippen LogP contribution in [0.15, 0.2) is 59.1 Å². The number of para-hydroxylation sites is 1. The standard InChI is InChI=1S/C19H13FN2O3/c1-11-18(19(23)24)14-9-13(15(20)10-17(14)25-11)16-7-8-21-22(16)12-5-3-2-4-6-12/h2-10H,1H3,(H,23,24). The minimum absolute atomic E-state index is 0.0435. The van der Waals surface area contributed by atoms with E-state index in [9.17, 15) is 14.3 Å². The van der Waals surface area contributed by atoms with Gasteiger partial charge in [0, 0.05) is 17.0 Å². The Labute approximate surface area is 141 Å². The monoisotopic (exact) mass is 336 g/mol. The molecule has 2 aromatic carbocycles. The molecule has 0 aliphatic rings. The highest BCUT2D eigenvalue weighted by molar-refractivity contribution is 6.04. The highest BCUT2D eigenvalue weighted by Gasteiger charge is 2.21. The van der Waals surface area contributed by atoms with Crippen LogP contribution in [0.25, 0.3) is 27.9 Å². The van der Waals surface area contributed by atoms with Crippen molar-refractivity contribution in [1.29, 1.82) is 0 Å². The van der Waals surface area contributed by atoms with Gasteiger partial charge in [0.05, 0.1) is 17.6 Å². The van der Waals surface area contributed by atoms with Gasteiger partial charge in [0.25, 0.3) is 0 Å². The highest BCUT2D eigenvalue weighted by atomic mass is 19.1. The Kier molecular flexibility index (Phi) is 3.39. The second-order valence-corrected chi connectivity index (χ2v) is 5.63. The molecule has 124 valence electrons. The molecule has 0 aliphatic carbocycles. The quantitative estimate of drug-likeness (QED) is 0.601. The number of hydrogen-bond acceptors (Lipinski definition) is 3. The van der Waals surface area contributed by atoms with E-state index in [0.717, 1.165) is 5.69 Å². The summed E-state index contributed by atoms with van der Waals surface area (Å²) in [5.41, 5.74) is 1.82. The Morgan fingerprint density at radius 1 is 1.20 bits per heavy atom. The number of hydrogen-bond donors (Lipinski definition) is 1. The van der Waals surface area contributed by atoms with Gasteiger partial charge in [-0.1, -0.05) is 18.2 Å². The van der Waals surface area contributed by atoms with Crippen LogP contribution in [0.1, 0.15) is 16.1 Å². The maximum absolute atomic E-state index is 14.7. The first-order chi connectivity index (χ1) is 12.1. The van der Waals surface area contributed by atoms with E-state index in [-0.39, 0.29) is 22.5 Å². The number of rotatable bonds is 3. The van der Waals surface area contributed by atoms with Crippen LogP contribution < -0.4 is 0 Å². The van der Waals surface area contributed by atoms with Crippen LogP contribution in [0.5, 0.6) is 0 Å². The number of halogens is 1. The largest absolute Gasteiger partial charge is 0.478 e. The van der Waals surface area contributed by atoms with Crippen LogP contribution in [-0.2, 0) is 0 Å². The van der Waals surface area contributed by atoms with Crippen molar-refractivity contribution >= 4 is 16.9 Å². The first kappa shape index (κ1) is 15.1. The summed E-state index contributed by atoms with van der Waals surface area (Å²) in [4.78, 5) is 11.5. The summed E-state index contributed by atoms with van der Waals surface area (Å²) >= 11 is 0. The molecule has 0 amide bonds. The van der Waals surface area contributed by atoms with Crippen LogP contribution in [0, 0.1) is 12.7 Å². The van der Waals surface area contributed by atoms with Crippen LogP contribution in [0.3, 0.4) is 0 Å². The smallest absolute Gasteiger partial charge is 0.339 e. The molecule has 0 saturated carbocycles. The third-order valence-corrected chi connectivity index (χ3v) is 4.09. The third-order valence-electron chi connectivity index (χ3n) is 4.09. The predicted molar refractivity (Wildman–Crippen MR) is 90.4 cm³/mol. The van der Waals surface area contributed by atoms with Crippen molar-refractivity contribution in [2.45, 2.75) is 6.92 Å². The minimum atomic E-state index is -1.11. The lowest BCUT2D eigenvalue weighted by atomic mass is 10.0. The Morgan fingerprint density at radius 2 is 1.96 bits per heavy atom. The number of aryl methyl sites for hydroxylation is 1. The van der Waals surface area contributed by atoms with Gasteiger partial charge in [-0.25, -0.2) is 13.9 Å². The van der Waals surface area contributed by atoms with Crippen molar-refractivity contribution in [2.75, 3.05) is 0 Å². The highest BCUT2D eigenvalue weighted by Crippen LogP contribution is 2.33. The molecule has 4 rings (SSSR count). The number of nitrogens with zero attached hydrogens (tertiary/aromatic N) is 2. The summed E-state index contributed by atoms with van der Waals surface area (Å²) in [6, 6.07) is 13.7. The molecule has 0 unspecified atom stereocenters. The summed E-state index contributed by atoms with van der Waals surface area (Å²) < 4.78 is 21.7. The number of fused-ring (bicyclic) bond motifs is 1. The predicted octanol–water partition coefficient (Wildman–Crippen LogP) is 4.43. The van der Waals surface area contributed by atoms with Crippen molar-refractivity contribution in [1.82, 2.24) is 9.78 Å². The Balaban J connectivity index is 1.97. The molecule has 2 heterocycles. The lowest BCUT2D eigenvalue weighted by molar-refractivity contribution is 0.0697. The molecule has 6 heteroatoms. The fourth-order valence-electron chi connectivity index (χ4n) is 2.98. The first-order valence-electron chi connectivity index (χ1n) is 7.62. The molecule has 0 atom stereocenters. The number of aromatic nitrogens is 2. The fraction of sp³-hybridized carbons (Fsp3) is 0.0526. The normalized spacial score (nSPS) is 11.1. The zero-order valence-electron chi connectivity index (χ0n) is 13.2. The third kappa shape index (κ3) is 2.39. The number of carboxylic acids is 1. The molecule has 0 aliphatic heterocycles. The molecule has 0 fully saturated rings. The molecule has 4 aromatic rings. The van der Waals surface area contributed by atoms with Gasteiger partial charge in [0.1, 0.15) is 22.7 Å². The molecule has 25 heavy (non-hydrogen) atoms. The van der Waals surface area contributed by atoms with Gasteiger partial charge in [0.15, 0.2) is 0 Å². The van der Waals surface area contributed by atoms with Crippen LogP contribution in [0.2, 0.25) is 0 Å². The van der Waals surface area contributed by atoms with E-state index < -0.39 is 11.8 Å². The van der Waals surface area contributed by atoms with Gasteiger partial charge in [-0.3, -0.25) is 0 Å². The van der Waals surface area contributed by atoms with E-state index in [0.29, 0.717) is 11.1 Å². The summed E-state index contributed by atoms with van der Waals surface area (Å²) in [7, 11) is 0. The van der Waals surface area contributed by atoms with Crippen molar-refractivity contribution in [3.8, 4) is 16.9 Å². The number of furan rings is 1. The average molecular weight is 336 g/mol. The number of carbonyl (C=O) groups is 1. The first-order valence-corrected chi connectivity index (χ1v) is 7.62. The average Bonchev–Trinajstić information content (AvgIpc) is 3.18. The van der Waals surface area contributed by atoms with Gasteiger partial charge in [-0.2, -0.15) is 5.10 Å². The Hall–Kier alpha value is -3.41. The molecular weight excluding hydrogens is 323 g/mol. The van der Waals surface area contributed by atoms with Gasteiger partial charge < -0.3 is 9.52 Å².